The monoisotopic (exact) mass is 629 g/mol. The van der Waals surface area contributed by atoms with E-state index in [2.05, 4.69) is 32.7 Å². The quantitative estimate of drug-likeness (QED) is 0.283. The fraction of sp³-hybridized carbons (Fsp3) is 0.562. The zero-order chi connectivity index (χ0) is 31.9. The van der Waals surface area contributed by atoms with Crippen LogP contribution in [0.25, 0.3) is 0 Å². The molecule has 0 bridgehead atoms. The molecule has 1 aromatic carbocycles. The van der Waals surface area contributed by atoms with Gasteiger partial charge in [-0.05, 0) is 85.9 Å². The summed E-state index contributed by atoms with van der Waals surface area (Å²) in [5.74, 6) is -1.80. The molecule has 2 aromatic heterocycles. The second-order valence-corrected chi connectivity index (χ2v) is 13.9. The number of halogens is 5. The van der Waals surface area contributed by atoms with Crippen molar-refractivity contribution in [2.75, 3.05) is 10.2 Å². The standard InChI is InChI=1S/C32H36F5N7O/c1-18-11-30(12-18,28-42-39-17-43(28)3)20-9-25(40-21-13-31(33,34)14-21)41-26(10-20)44-16-23-22(27(44)45)7-19(8-24(23)32(35,36)37)15-38-29(2)5-4-6-29/h7-10,17-18,21,38H,4-6,11-16H2,1-3H3,(H,40,41)/t18-,30-. The Bertz CT molecular complexity index is 1650. The number of alkyl halides is 5. The van der Waals surface area contributed by atoms with E-state index in [9.17, 15) is 26.7 Å². The lowest BCUT2D eigenvalue weighted by Crippen LogP contribution is -2.47. The highest BCUT2D eigenvalue weighted by molar-refractivity contribution is 6.10. The van der Waals surface area contributed by atoms with Crippen molar-refractivity contribution < 1.29 is 26.7 Å². The van der Waals surface area contributed by atoms with E-state index >= 15 is 0 Å². The highest BCUT2D eigenvalue weighted by Gasteiger charge is 2.50. The van der Waals surface area contributed by atoms with Gasteiger partial charge < -0.3 is 15.2 Å². The van der Waals surface area contributed by atoms with E-state index in [1.54, 1.807) is 24.5 Å². The number of nitrogens with zero attached hydrogens (tertiary/aromatic N) is 5. The Hall–Kier alpha value is -3.61. The maximum absolute atomic E-state index is 14.4. The third kappa shape index (κ3) is 5.26. The Labute approximate surface area is 257 Å². The number of fused-ring (bicyclic) bond motifs is 1. The average Bonchev–Trinajstić information content (AvgIpc) is 3.49. The van der Waals surface area contributed by atoms with E-state index in [0.29, 0.717) is 23.1 Å². The first-order chi connectivity index (χ1) is 21.1. The van der Waals surface area contributed by atoms with Gasteiger partial charge in [0.25, 0.3) is 11.8 Å². The Morgan fingerprint density at radius 2 is 1.80 bits per heavy atom. The second kappa shape index (κ2) is 10.2. The molecule has 4 aliphatic rings. The highest BCUT2D eigenvalue weighted by Crippen LogP contribution is 2.53. The van der Waals surface area contributed by atoms with Crippen LogP contribution in [0.5, 0.6) is 0 Å². The van der Waals surface area contributed by atoms with Gasteiger partial charge in [-0.15, -0.1) is 10.2 Å². The van der Waals surface area contributed by atoms with Gasteiger partial charge >= 0.3 is 6.18 Å². The molecule has 0 unspecified atom stereocenters. The third-order valence-corrected chi connectivity index (χ3v) is 10.2. The number of pyridine rings is 1. The summed E-state index contributed by atoms with van der Waals surface area (Å²) < 4.78 is 72.4. The molecule has 0 saturated heterocycles. The molecule has 0 spiro atoms. The van der Waals surface area contributed by atoms with Crippen molar-refractivity contribution >= 4 is 17.5 Å². The fourth-order valence-corrected chi connectivity index (χ4v) is 7.58. The second-order valence-electron chi connectivity index (χ2n) is 13.9. The molecule has 8 nitrogen and oxygen atoms in total. The number of benzene rings is 1. The number of anilines is 2. The Morgan fingerprint density at radius 1 is 1.07 bits per heavy atom. The molecular weight excluding hydrogens is 593 g/mol. The van der Waals surface area contributed by atoms with Crippen molar-refractivity contribution in [3.05, 3.63) is 64.2 Å². The number of aryl methyl sites for hydroxylation is 1. The van der Waals surface area contributed by atoms with E-state index in [4.69, 9.17) is 0 Å². The lowest BCUT2D eigenvalue weighted by molar-refractivity contribution is -0.138. The molecule has 3 heterocycles. The van der Waals surface area contributed by atoms with E-state index in [1.165, 1.54) is 4.90 Å². The molecular formula is C32H36F5N7O. The number of amides is 1. The fourth-order valence-electron chi connectivity index (χ4n) is 7.58. The minimum absolute atomic E-state index is 0.000940. The Kier molecular flexibility index (Phi) is 6.81. The van der Waals surface area contributed by atoms with Crippen LogP contribution in [0, 0.1) is 5.92 Å². The van der Waals surface area contributed by atoms with Gasteiger partial charge in [0.05, 0.1) is 17.5 Å². The zero-order valence-electron chi connectivity index (χ0n) is 25.4. The van der Waals surface area contributed by atoms with E-state index in [-0.39, 0.29) is 48.4 Å². The maximum atomic E-state index is 14.4. The normalized spacial score (nSPS) is 25.4. The van der Waals surface area contributed by atoms with Gasteiger partial charge in [0, 0.05) is 43.6 Å². The van der Waals surface area contributed by atoms with Crippen LogP contribution in [-0.2, 0) is 31.7 Å². The summed E-state index contributed by atoms with van der Waals surface area (Å²) >= 11 is 0. The molecule has 2 N–H and O–H groups in total. The zero-order valence-corrected chi connectivity index (χ0v) is 25.4. The molecule has 3 fully saturated rings. The molecule has 0 atom stereocenters. The van der Waals surface area contributed by atoms with Gasteiger partial charge in [-0.1, -0.05) is 6.92 Å². The maximum Gasteiger partial charge on any atom is 0.416 e. The molecule has 13 heteroatoms. The summed E-state index contributed by atoms with van der Waals surface area (Å²) in [6.45, 7) is 4.07. The van der Waals surface area contributed by atoms with Gasteiger partial charge in [0.1, 0.15) is 23.8 Å². The largest absolute Gasteiger partial charge is 0.416 e. The van der Waals surface area contributed by atoms with E-state index in [0.717, 1.165) is 43.7 Å². The Morgan fingerprint density at radius 3 is 2.38 bits per heavy atom. The van der Waals surface area contributed by atoms with Gasteiger partial charge in [-0.25, -0.2) is 13.8 Å². The van der Waals surface area contributed by atoms with Crippen molar-refractivity contribution in [3.8, 4) is 0 Å². The number of carbonyl (C=O) groups is 1. The minimum Gasteiger partial charge on any atom is -0.367 e. The number of hydrogen-bond donors (Lipinski definition) is 2. The summed E-state index contributed by atoms with van der Waals surface area (Å²) in [6, 6.07) is 5.70. The molecule has 3 aromatic rings. The molecule has 1 amide bonds. The topological polar surface area (TPSA) is 88.0 Å². The first kappa shape index (κ1) is 30.1. The van der Waals surface area contributed by atoms with Crippen LogP contribution < -0.4 is 15.5 Å². The van der Waals surface area contributed by atoms with E-state index < -0.39 is 35.0 Å². The van der Waals surface area contributed by atoms with Crippen LogP contribution in [0.1, 0.15) is 97.2 Å². The van der Waals surface area contributed by atoms with Crippen molar-refractivity contribution in [2.45, 2.75) is 101 Å². The van der Waals surface area contributed by atoms with Crippen molar-refractivity contribution in [1.82, 2.24) is 25.1 Å². The predicted molar refractivity (Wildman–Crippen MR) is 157 cm³/mol. The predicted octanol–water partition coefficient (Wildman–Crippen LogP) is 6.35. The number of nitrogens with one attached hydrogen (secondary N) is 2. The molecule has 0 radical (unpaired) electrons. The smallest absolute Gasteiger partial charge is 0.367 e. The minimum atomic E-state index is -4.66. The van der Waals surface area contributed by atoms with Crippen LogP contribution in [0.4, 0.5) is 33.6 Å². The summed E-state index contributed by atoms with van der Waals surface area (Å²) in [7, 11) is 1.84. The van der Waals surface area contributed by atoms with Crippen LogP contribution in [0.3, 0.4) is 0 Å². The van der Waals surface area contributed by atoms with Crippen molar-refractivity contribution in [1.29, 1.82) is 0 Å². The molecule has 3 aliphatic carbocycles. The van der Waals surface area contributed by atoms with Gasteiger partial charge in [-0.2, -0.15) is 13.2 Å². The third-order valence-electron chi connectivity index (χ3n) is 10.2. The van der Waals surface area contributed by atoms with Crippen LogP contribution in [0.15, 0.2) is 30.6 Å². The van der Waals surface area contributed by atoms with Gasteiger partial charge in [0.2, 0.25) is 0 Å². The summed E-state index contributed by atoms with van der Waals surface area (Å²) in [6.07, 6.45) is 0.664. The number of carbonyl (C=O) groups excluding carboxylic acids is 1. The van der Waals surface area contributed by atoms with Crippen LogP contribution in [0.2, 0.25) is 0 Å². The molecule has 45 heavy (non-hydrogen) atoms. The van der Waals surface area contributed by atoms with Crippen LogP contribution >= 0.6 is 0 Å². The average molecular weight is 630 g/mol. The molecule has 1 aliphatic heterocycles. The highest BCUT2D eigenvalue weighted by atomic mass is 19.4. The number of rotatable bonds is 8. The molecule has 3 saturated carbocycles. The number of hydrogen-bond acceptors (Lipinski definition) is 6. The summed E-state index contributed by atoms with van der Waals surface area (Å²) in [5.41, 5.74) is -0.471. The van der Waals surface area contributed by atoms with Crippen molar-refractivity contribution in [3.63, 3.8) is 0 Å². The lowest BCUT2D eigenvalue weighted by Gasteiger charge is -2.46. The molecule has 240 valence electrons. The van der Waals surface area contributed by atoms with Gasteiger partial charge in [0.15, 0.2) is 0 Å². The summed E-state index contributed by atoms with van der Waals surface area (Å²) in [4.78, 5) is 19.8. The van der Waals surface area contributed by atoms with Crippen LogP contribution in [-0.4, -0.2) is 43.2 Å². The number of aromatic nitrogens is 4. The Balaban J connectivity index is 1.27. The molecule has 7 rings (SSSR count). The summed E-state index contributed by atoms with van der Waals surface area (Å²) in [5, 5.41) is 14.9. The van der Waals surface area contributed by atoms with E-state index in [1.807, 2.05) is 18.5 Å². The first-order valence-electron chi connectivity index (χ1n) is 15.5. The lowest BCUT2D eigenvalue weighted by atomic mass is 9.58. The van der Waals surface area contributed by atoms with Gasteiger partial charge in [-0.3, -0.25) is 9.69 Å². The first-order valence-corrected chi connectivity index (χ1v) is 15.5. The SMILES string of the molecule is Cn1cnnc1[C@]1(c2cc(NC3CC(F)(F)C3)nc(N3Cc4c(cc(CNC5(C)CCC5)cc4C(F)(F)F)C3=O)c2)C[C@@H](C)C1. The van der Waals surface area contributed by atoms with Crippen molar-refractivity contribution in [2.24, 2.45) is 13.0 Å².